The fourth-order valence-electron chi connectivity index (χ4n) is 3.68. The molecule has 28 heavy (non-hydrogen) atoms. The van der Waals surface area contributed by atoms with Gasteiger partial charge in [-0.1, -0.05) is 30.3 Å². The molecule has 7 nitrogen and oxygen atoms in total. The third kappa shape index (κ3) is 3.71. The Hall–Kier alpha value is -2.19. The van der Waals surface area contributed by atoms with E-state index in [0.717, 1.165) is 5.56 Å². The highest BCUT2D eigenvalue weighted by Crippen LogP contribution is 2.45. The number of carbonyl (C=O) groups excluding carboxylic acids is 1. The number of aromatic nitrogens is 1. The number of carbonyl (C=O) groups is 1. The molecule has 0 unspecified atom stereocenters. The van der Waals surface area contributed by atoms with Gasteiger partial charge in [-0.15, -0.1) is 0 Å². The SMILES string of the molecule is CCOC(=O)c1[nH]ccc1[C@H]1O[C@@H]2OC(C)(C)O[C@@H]2[C@H]1OCc1ccccc1. The van der Waals surface area contributed by atoms with E-state index in [-0.39, 0.29) is 0 Å². The first-order chi connectivity index (χ1) is 13.5. The van der Waals surface area contributed by atoms with Crippen LogP contribution in [0.2, 0.25) is 0 Å². The summed E-state index contributed by atoms with van der Waals surface area (Å²) >= 11 is 0. The minimum absolute atomic E-state index is 0.294. The van der Waals surface area contributed by atoms with Crippen molar-refractivity contribution in [1.29, 1.82) is 0 Å². The number of nitrogens with one attached hydrogen (secondary N) is 1. The summed E-state index contributed by atoms with van der Waals surface area (Å²) in [5.41, 5.74) is 2.08. The van der Waals surface area contributed by atoms with E-state index < -0.39 is 36.4 Å². The molecule has 150 valence electrons. The van der Waals surface area contributed by atoms with Gasteiger partial charge >= 0.3 is 5.97 Å². The van der Waals surface area contributed by atoms with Crippen LogP contribution in [0.15, 0.2) is 42.6 Å². The molecule has 1 aromatic heterocycles. The molecule has 1 N–H and O–H groups in total. The second kappa shape index (κ2) is 7.67. The van der Waals surface area contributed by atoms with Crippen molar-refractivity contribution >= 4 is 5.97 Å². The molecule has 2 aliphatic heterocycles. The maximum atomic E-state index is 12.3. The van der Waals surface area contributed by atoms with E-state index in [2.05, 4.69) is 4.98 Å². The van der Waals surface area contributed by atoms with Crippen molar-refractivity contribution < 1.29 is 28.5 Å². The summed E-state index contributed by atoms with van der Waals surface area (Å²) in [6.45, 7) is 6.16. The lowest BCUT2D eigenvalue weighted by Crippen LogP contribution is -2.34. The van der Waals surface area contributed by atoms with E-state index in [4.69, 9.17) is 23.7 Å². The normalized spacial score (nSPS) is 28.2. The molecule has 7 heteroatoms. The molecule has 2 fully saturated rings. The van der Waals surface area contributed by atoms with E-state index >= 15 is 0 Å². The average Bonchev–Trinajstić information content (AvgIpc) is 3.33. The molecule has 0 spiro atoms. The van der Waals surface area contributed by atoms with Crippen LogP contribution in [0.5, 0.6) is 0 Å². The Balaban J connectivity index is 1.59. The predicted molar refractivity (Wildman–Crippen MR) is 99.4 cm³/mol. The first kappa shape index (κ1) is 19.1. The number of rotatable bonds is 6. The van der Waals surface area contributed by atoms with Gasteiger partial charge in [0.2, 0.25) is 0 Å². The number of fused-ring (bicyclic) bond motifs is 1. The van der Waals surface area contributed by atoms with Gasteiger partial charge in [-0.2, -0.15) is 0 Å². The number of aromatic amines is 1. The Morgan fingerprint density at radius 1 is 1.18 bits per heavy atom. The van der Waals surface area contributed by atoms with Crippen LogP contribution < -0.4 is 0 Å². The molecule has 4 atom stereocenters. The lowest BCUT2D eigenvalue weighted by atomic mass is 10.0. The van der Waals surface area contributed by atoms with Crippen LogP contribution in [-0.4, -0.2) is 41.8 Å². The molecule has 1 aromatic carbocycles. The summed E-state index contributed by atoms with van der Waals surface area (Å²) < 4.78 is 29.4. The van der Waals surface area contributed by atoms with Crippen LogP contribution in [0.1, 0.15) is 48.5 Å². The summed E-state index contributed by atoms with van der Waals surface area (Å²) in [6.07, 6.45) is -0.213. The zero-order chi connectivity index (χ0) is 19.7. The van der Waals surface area contributed by atoms with Gasteiger partial charge in [0, 0.05) is 11.8 Å². The van der Waals surface area contributed by atoms with E-state index in [9.17, 15) is 4.79 Å². The van der Waals surface area contributed by atoms with Gasteiger partial charge in [-0.3, -0.25) is 0 Å². The number of esters is 1. The third-order valence-corrected chi connectivity index (χ3v) is 4.84. The van der Waals surface area contributed by atoms with Crippen LogP contribution in [0, 0.1) is 0 Å². The Kier molecular flexibility index (Phi) is 5.25. The average molecular weight is 387 g/mol. The maximum absolute atomic E-state index is 12.3. The highest BCUT2D eigenvalue weighted by Gasteiger charge is 2.56. The van der Waals surface area contributed by atoms with Gasteiger partial charge in [-0.05, 0) is 32.4 Å². The second-order valence-electron chi connectivity index (χ2n) is 7.31. The van der Waals surface area contributed by atoms with Crippen LogP contribution in [0.3, 0.4) is 0 Å². The molecular weight excluding hydrogens is 362 g/mol. The molecule has 2 saturated heterocycles. The van der Waals surface area contributed by atoms with Gasteiger partial charge in [0.05, 0.1) is 13.2 Å². The maximum Gasteiger partial charge on any atom is 0.355 e. The number of hydrogen-bond acceptors (Lipinski definition) is 6. The lowest BCUT2D eigenvalue weighted by molar-refractivity contribution is -0.220. The predicted octanol–water partition coefficient (Wildman–Crippen LogP) is 3.33. The van der Waals surface area contributed by atoms with Crippen molar-refractivity contribution in [3.05, 3.63) is 59.4 Å². The van der Waals surface area contributed by atoms with Gasteiger partial charge in [0.1, 0.15) is 24.0 Å². The van der Waals surface area contributed by atoms with Crippen LogP contribution in [0.25, 0.3) is 0 Å². The monoisotopic (exact) mass is 387 g/mol. The summed E-state index contributed by atoms with van der Waals surface area (Å²) in [6, 6.07) is 11.7. The van der Waals surface area contributed by atoms with Crippen molar-refractivity contribution in [3.8, 4) is 0 Å². The van der Waals surface area contributed by atoms with Crippen molar-refractivity contribution in [1.82, 2.24) is 4.98 Å². The molecule has 0 saturated carbocycles. The molecular formula is C21H25NO6. The number of ether oxygens (including phenoxy) is 5. The van der Waals surface area contributed by atoms with Crippen molar-refractivity contribution in [2.75, 3.05) is 6.61 Å². The largest absolute Gasteiger partial charge is 0.461 e. The Morgan fingerprint density at radius 3 is 2.71 bits per heavy atom. The number of benzene rings is 1. The minimum atomic E-state index is -0.753. The molecule has 2 aliphatic rings. The Labute approximate surface area is 163 Å². The quantitative estimate of drug-likeness (QED) is 0.766. The first-order valence-corrected chi connectivity index (χ1v) is 9.49. The number of hydrogen-bond donors (Lipinski definition) is 1. The van der Waals surface area contributed by atoms with E-state index in [0.29, 0.717) is 24.5 Å². The van der Waals surface area contributed by atoms with Gasteiger partial charge in [0.15, 0.2) is 12.1 Å². The smallest absolute Gasteiger partial charge is 0.355 e. The highest BCUT2D eigenvalue weighted by molar-refractivity contribution is 5.89. The zero-order valence-electron chi connectivity index (χ0n) is 16.2. The van der Waals surface area contributed by atoms with Crippen molar-refractivity contribution in [3.63, 3.8) is 0 Å². The van der Waals surface area contributed by atoms with Crippen molar-refractivity contribution in [2.45, 2.75) is 57.8 Å². The van der Waals surface area contributed by atoms with Crippen LogP contribution in [-0.2, 0) is 30.3 Å². The van der Waals surface area contributed by atoms with Gasteiger partial charge in [0.25, 0.3) is 0 Å². The third-order valence-electron chi connectivity index (χ3n) is 4.84. The minimum Gasteiger partial charge on any atom is -0.461 e. The fourth-order valence-corrected chi connectivity index (χ4v) is 3.68. The molecule has 0 amide bonds. The van der Waals surface area contributed by atoms with Crippen LogP contribution >= 0.6 is 0 Å². The highest BCUT2D eigenvalue weighted by atomic mass is 16.8. The first-order valence-electron chi connectivity index (χ1n) is 9.49. The molecule has 0 radical (unpaired) electrons. The van der Waals surface area contributed by atoms with E-state index in [1.807, 2.05) is 50.2 Å². The Bertz CT molecular complexity index is 817. The standard InChI is InChI=1S/C21H25NO6/c1-4-24-19(23)15-14(10-11-22-15)16-17(25-12-13-8-6-5-7-9-13)18-20(26-16)28-21(2,3)27-18/h5-11,16-18,20,22H,4,12H2,1-3H3/t16-,17+,18-,20-/m1/s1. The molecule has 0 aliphatic carbocycles. The fraction of sp³-hybridized carbons (Fsp3) is 0.476. The second-order valence-corrected chi connectivity index (χ2v) is 7.31. The van der Waals surface area contributed by atoms with Gasteiger partial charge in [-0.25, -0.2) is 4.79 Å². The van der Waals surface area contributed by atoms with Gasteiger partial charge < -0.3 is 28.7 Å². The molecule has 3 heterocycles. The lowest BCUT2D eigenvalue weighted by Gasteiger charge is -2.26. The van der Waals surface area contributed by atoms with Crippen molar-refractivity contribution in [2.24, 2.45) is 0 Å². The topological polar surface area (TPSA) is 79.0 Å². The van der Waals surface area contributed by atoms with E-state index in [1.165, 1.54) is 0 Å². The number of H-pyrrole nitrogens is 1. The summed E-state index contributed by atoms with van der Waals surface area (Å²) in [4.78, 5) is 15.3. The van der Waals surface area contributed by atoms with E-state index in [1.54, 1.807) is 13.1 Å². The molecule has 2 aromatic rings. The summed E-state index contributed by atoms with van der Waals surface area (Å²) in [7, 11) is 0. The molecule has 4 rings (SSSR count). The zero-order valence-corrected chi connectivity index (χ0v) is 16.2. The summed E-state index contributed by atoms with van der Waals surface area (Å²) in [5.74, 6) is -1.18. The van der Waals surface area contributed by atoms with Crippen LogP contribution in [0.4, 0.5) is 0 Å². The Morgan fingerprint density at radius 2 is 1.96 bits per heavy atom. The molecule has 0 bridgehead atoms. The summed E-state index contributed by atoms with van der Waals surface area (Å²) in [5, 5.41) is 0.